The minimum atomic E-state index is -3.73. The van der Waals surface area contributed by atoms with E-state index in [4.69, 9.17) is 4.74 Å². The topological polar surface area (TPSA) is 78.8 Å². The van der Waals surface area contributed by atoms with E-state index in [0.717, 1.165) is 17.0 Å². The van der Waals surface area contributed by atoms with Gasteiger partial charge in [-0.1, -0.05) is 0 Å². The number of ether oxygens (including phenoxy) is 1. The van der Waals surface area contributed by atoms with Gasteiger partial charge in [0.2, 0.25) is 0 Å². The van der Waals surface area contributed by atoms with E-state index in [1.165, 1.54) is 0 Å². The maximum absolute atomic E-state index is 11.2. The van der Waals surface area contributed by atoms with Crippen molar-refractivity contribution in [3.63, 3.8) is 0 Å². The minimum Gasteiger partial charge on any atom is -0.564 e. The van der Waals surface area contributed by atoms with Crippen molar-refractivity contribution in [2.24, 2.45) is 4.40 Å². The number of nitrogens with zero attached hydrogens (tertiary/aromatic N) is 1. The summed E-state index contributed by atoms with van der Waals surface area (Å²) in [5.41, 5.74) is 0. The van der Waals surface area contributed by atoms with Crippen molar-refractivity contribution in [3.8, 4) is 5.75 Å². The fourth-order valence-electron chi connectivity index (χ4n) is 0.868. The summed E-state index contributed by atoms with van der Waals surface area (Å²) in [6.07, 6.45) is -0.303. The van der Waals surface area contributed by atoms with Gasteiger partial charge in [0, 0.05) is 16.5 Å². The number of hydrogen-bond acceptors (Lipinski definition) is 4. The van der Waals surface area contributed by atoms with Crippen LogP contribution >= 0.6 is 67.8 Å². The molecule has 0 spiro atoms. The van der Waals surface area contributed by atoms with E-state index in [2.05, 4.69) is 27.0 Å². The highest BCUT2D eigenvalue weighted by molar-refractivity contribution is 14.1. The molecule has 0 N–H and O–H groups in total. The van der Waals surface area contributed by atoms with Crippen LogP contribution in [0.5, 0.6) is 5.75 Å². The molecule has 1 rings (SSSR count). The van der Waals surface area contributed by atoms with E-state index in [1.54, 1.807) is 0 Å². The molecule has 0 unspecified atom stereocenters. The average molecular weight is 592 g/mol. The number of benzene rings is 1. The Labute approximate surface area is 140 Å². The van der Waals surface area contributed by atoms with Gasteiger partial charge in [-0.15, -0.1) is 4.40 Å². The second-order valence-corrected chi connectivity index (χ2v) is 8.11. The van der Waals surface area contributed by atoms with Crippen molar-refractivity contribution in [3.05, 3.63) is 22.8 Å². The molecular formula is C8H5I3NO4S-. The third-order valence-electron chi connectivity index (χ3n) is 1.39. The number of rotatable bonds is 2. The van der Waals surface area contributed by atoms with E-state index < -0.39 is 16.1 Å². The van der Waals surface area contributed by atoms with Gasteiger partial charge >= 0.3 is 0 Å². The van der Waals surface area contributed by atoms with Crippen molar-refractivity contribution >= 4 is 83.9 Å². The van der Waals surface area contributed by atoms with Crippen LogP contribution < -0.4 is 9.84 Å². The minimum absolute atomic E-state index is 0.323. The molecule has 0 atom stereocenters. The smallest absolute Gasteiger partial charge is 0.251 e. The number of halogens is 3. The highest BCUT2D eigenvalue weighted by atomic mass is 127. The molecule has 9 heteroatoms. The van der Waals surface area contributed by atoms with Crippen LogP contribution in [0.2, 0.25) is 0 Å². The zero-order valence-electron chi connectivity index (χ0n) is 8.28. The fraction of sp³-hybridized carbons (Fsp3) is 0.125. The summed E-state index contributed by atoms with van der Waals surface area (Å²) in [5.74, 6) is 0.323. The van der Waals surface area contributed by atoms with Crippen molar-refractivity contribution in [1.82, 2.24) is 0 Å². The maximum Gasteiger partial charge on any atom is 0.251 e. The fourth-order valence-corrected chi connectivity index (χ4v) is 4.98. The van der Waals surface area contributed by atoms with Gasteiger partial charge in [0.25, 0.3) is 10.0 Å². The molecule has 0 saturated carbocycles. The second-order valence-electron chi connectivity index (χ2n) is 2.89. The Hall–Kier alpha value is 0.630. The zero-order chi connectivity index (χ0) is 13.2. The van der Waals surface area contributed by atoms with Crippen molar-refractivity contribution in [2.75, 3.05) is 6.26 Å². The van der Waals surface area contributed by atoms with Crippen LogP contribution in [0.15, 0.2) is 16.5 Å². The molecule has 0 saturated heterocycles. The zero-order valence-corrected chi connectivity index (χ0v) is 15.6. The van der Waals surface area contributed by atoms with Crippen LogP contribution in [-0.4, -0.2) is 20.8 Å². The molecule has 0 aromatic heterocycles. The molecule has 94 valence electrons. The van der Waals surface area contributed by atoms with Crippen molar-refractivity contribution in [2.45, 2.75) is 0 Å². The van der Waals surface area contributed by atoms with Gasteiger partial charge in [0.05, 0.1) is 6.26 Å². The predicted molar refractivity (Wildman–Crippen MR) is 87.5 cm³/mol. The lowest BCUT2D eigenvalue weighted by Crippen LogP contribution is -2.26. The monoisotopic (exact) mass is 592 g/mol. The highest BCUT2D eigenvalue weighted by Gasteiger charge is 2.05. The summed E-state index contributed by atoms with van der Waals surface area (Å²) >= 11 is 6.14. The summed E-state index contributed by atoms with van der Waals surface area (Å²) in [4.78, 5) is 0. The lowest BCUT2D eigenvalue weighted by atomic mass is 10.3. The Balaban J connectivity index is 3.09. The first-order valence-electron chi connectivity index (χ1n) is 3.98. The standard InChI is InChI=1S/C8H6I3NO4S/c1-17(14,15)12-8(13)16-7-5(10)2-4(9)3-6(7)11/h2-3H,1H3,(H,12,13)/p-1. The second kappa shape index (κ2) is 6.18. The Bertz CT molecular complexity index is 547. The van der Waals surface area contributed by atoms with E-state index in [1.807, 2.05) is 57.3 Å². The molecule has 0 bridgehead atoms. The summed E-state index contributed by atoms with van der Waals surface area (Å²) in [7, 11) is -3.73. The van der Waals surface area contributed by atoms with Gasteiger partial charge in [-0.25, -0.2) is 8.42 Å². The molecule has 0 radical (unpaired) electrons. The Morgan fingerprint density at radius 3 is 2.18 bits per heavy atom. The molecule has 0 aliphatic heterocycles. The quantitative estimate of drug-likeness (QED) is 0.297. The van der Waals surface area contributed by atoms with Gasteiger partial charge < -0.3 is 9.84 Å². The van der Waals surface area contributed by atoms with Gasteiger partial charge in [-0.2, -0.15) is 0 Å². The van der Waals surface area contributed by atoms with Crippen LogP contribution in [0, 0.1) is 10.7 Å². The maximum atomic E-state index is 11.2. The lowest BCUT2D eigenvalue weighted by molar-refractivity contribution is -0.239. The normalized spacial score (nSPS) is 12.6. The van der Waals surface area contributed by atoms with Crippen LogP contribution in [0.25, 0.3) is 0 Å². The Morgan fingerprint density at radius 2 is 1.76 bits per heavy atom. The van der Waals surface area contributed by atoms with Gasteiger partial charge in [-0.3, -0.25) is 0 Å². The molecule has 0 aliphatic carbocycles. The molecule has 1 aromatic carbocycles. The first-order chi connectivity index (χ1) is 7.69. The van der Waals surface area contributed by atoms with Crippen LogP contribution in [0.3, 0.4) is 0 Å². The van der Waals surface area contributed by atoms with Crippen LogP contribution in [0.1, 0.15) is 0 Å². The van der Waals surface area contributed by atoms with Crippen molar-refractivity contribution in [1.29, 1.82) is 0 Å². The number of hydrogen-bond donors (Lipinski definition) is 0. The van der Waals surface area contributed by atoms with Crippen LogP contribution in [-0.2, 0) is 10.0 Å². The summed E-state index contributed by atoms with van der Waals surface area (Å²) in [6, 6.07) is 3.62. The van der Waals surface area contributed by atoms with Gasteiger partial charge in [-0.05, 0) is 79.9 Å². The predicted octanol–water partition coefficient (Wildman–Crippen LogP) is 1.56. The van der Waals surface area contributed by atoms with Gasteiger partial charge in [0.1, 0.15) is 0 Å². The molecular weight excluding hydrogens is 587 g/mol. The molecule has 0 fully saturated rings. The molecule has 5 nitrogen and oxygen atoms in total. The van der Waals surface area contributed by atoms with E-state index >= 15 is 0 Å². The Morgan fingerprint density at radius 1 is 1.29 bits per heavy atom. The van der Waals surface area contributed by atoms with E-state index in [0.29, 0.717) is 5.75 Å². The van der Waals surface area contributed by atoms with Crippen LogP contribution in [0.4, 0.5) is 0 Å². The largest absolute Gasteiger partial charge is 0.564 e. The SMILES string of the molecule is CS(=O)(=O)/N=C(/[O-])Oc1c(I)cc(I)cc1I. The van der Waals surface area contributed by atoms with Gasteiger partial charge in [0.15, 0.2) is 6.08 Å². The molecule has 17 heavy (non-hydrogen) atoms. The first-order valence-corrected chi connectivity index (χ1v) is 9.07. The number of sulfonamides is 1. The van der Waals surface area contributed by atoms with E-state index in [-0.39, 0.29) is 0 Å². The summed E-state index contributed by atoms with van der Waals surface area (Å²) in [5, 5.41) is 11.2. The third kappa shape index (κ3) is 5.42. The highest BCUT2D eigenvalue weighted by Crippen LogP contribution is 2.29. The van der Waals surface area contributed by atoms with E-state index in [9.17, 15) is 13.5 Å². The summed E-state index contributed by atoms with van der Waals surface area (Å²) < 4.78 is 31.8. The van der Waals surface area contributed by atoms with Crippen molar-refractivity contribution < 1.29 is 18.3 Å². The Kier molecular flexibility index (Phi) is 5.71. The molecule has 0 aliphatic rings. The molecule has 0 amide bonds. The average Bonchev–Trinajstić information content (AvgIpc) is 2.08. The third-order valence-corrected chi connectivity index (χ3v) is 4.10. The molecule has 0 heterocycles. The lowest BCUT2D eigenvalue weighted by Gasteiger charge is -2.17. The summed E-state index contributed by atoms with van der Waals surface area (Å²) in [6.45, 7) is 0. The first kappa shape index (κ1) is 15.7. The molecule has 1 aromatic rings.